The summed E-state index contributed by atoms with van der Waals surface area (Å²) >= 11 is 2.71. The molecule has 1 amide bonds. The molecule has 10 nitrogen and oxygen atoms in total. The van der Waals surface area contributed by atoms with Crippen LogP contribution in [0.2, 0.25) is 0 Å². The van der Waals surface area contributed by atoms with Crippen LogP contribution in [0.15, 0.2) is 70.7 Å². The number of aryl methyl sites for hydroxylation is 3. The second kappa shape index (κ2) is 13.0. The number of ketones is 1. The van der Waals surface area contributed by atoms with Gasteiger partial charge in [0.2, 0.25) is 5.13 Å². The van der Waals surface area contributed by atoms with Crippen molar-refractivity contribution in [2.45, 2.75) is 50.8 Å². The molecule has 1 fully saturated rings. The SMILES string of the molecule is CCOc1ccc(C2/C(=C(\O)c3nc4c(C)cccn4c3C)C(=O)C(=O)N2c2nnc(SCc3ccc(C)cc3)s2)cc1OCC. The lowest BCUT2D eigenvalue weighted by Gasteiger charge is -2.23. The Balaban J connectivity index is 1.47. The molecule has 1 N–H and O–H groups in total. The third-order valence-electron chi connectivity index (χ3n) is 7.72. The number of aliphatic hydroxyl groups is 1. The van der Waals surface area contributed by atoms with Gasteiger partial charge in [-0.1, -0.05) is 65.1 Å². The lowest BCUT2D eigenvalue weighted by molar-refractivity contribution is -0.132. The second-order valence-corrected chi connectivity index (χ2v) is 13.0. The molecule has 4 heterocycles. The third-order valence-corrected chi connectivity index (χ3v) is 9.85. The van der Waals surface area contributed by atoms with E-state index in [2.05, 4.69) is 39.4 Å². The first-order chi connectivity index (χ1) is 22.2. The minimum absolute atomic E-state index is 0.0928. The molecular weight excluding hydrogens is 623 g/mol. The molecule has 3 aromatic heterocycles. The molecule has 236 valence electrons. The average molecular weight is 656 g/mol. The number of carbonyl (C=O) groups excluding carboxylic acids is 2. The van der Waals surface area contributed by atoms with Crippen LogP contribution in [0.4, 0.5) is 5.13 Å². The van der Waals surface area contributed by atoms with Gasteiger partial charge in [-0.15, -0.1) is 10.2 Å². The highest BCUT2D eigenvalue weighted by Crippen LogP contribution is 2.46. The van der Waals surface area contributed by atoms with Crippen LogP contribution >= 0.6 is 23.1 Å². The molecule has 5 aromatic rings. The van der Waals surface area contributed by atoms with Crippen molar-refractivity contribution in [2.24, 2.45) is 0 Å². The number of fused-ring (bicyclic) bond motifs is 1. The second-order valence-electron chi connectivity index (χ2n) is 10.8. The summed E-state index contributed by atoms with van der Waals surface area (Å²) in [5.41, 5.74) is 5.15. The number of amides is 1. The van der Waals surface area contributed by atoms with Crippen molar-refractivity contribution in [1.29, 1.82) is 0 Å². The quantitative estimate of drug-likeness (QED) is 0.0568. The summed E-state index contributed by atoms with van der Waals surface area (Å²) in [4.78, 5) is 33.7. The van der Waals surface area contributed by atoms with E-state index in [4.69, 9.17) is 9.47 Å². The van der Waals surface area contributed by atoms with Gasteiger partial charge in [0.25, 0.3) is 5.78 Å². The highest BCUT2D eigenvalue weighted by molar-refractivity contribution is 8.00. The molecule has 12 heteroatoms. The van der Waals surface area contributed by atoms with Gasteiger partial charge in [0.05, 0.1) is 30.5 Å². The maximum absolute atomic E-state index is 13.9. The van der Waals surface area contributed by atoms with Crippen molar-refractivity contribution in [3.63, 3.8) is 0 Å². The predicted molar refractivity (Wildman–Crippen MR) is 179 cm³/mol. The van der Waals surface area contributed by atoms with Crippen molar-refractivity contribution in [1.82, 2.24) is 19.6 Å². The van der Waals surface area contributed by atoms with E-state index in [0.29, 0.717) is 51.7 Å². The number of carbonyl (C=O) groups is 2. The van der Waals surface area contributed by atoms with Crippen molar-refractivity contribution >= 4 is 51.3 Å². The van der Waals surface area contributed by atoms with Crippen LogP contribution in [0.5, 0.6) is 11.5 Å². The monoisotopic (exact) mass is 655 g/mol. The zero-order valence-electron chi connectivity index (χ0n) is 26.1. The normalized spacial score (nSPS) is 16.0. The molecule has 0 spiro atoms. The Morgan fingerprint density at radius 2 is 1.72 bits per heavy atom. The van der Waals surface area contributed by atoms with Gasteiger partial charge in [0.15, 0.2) is 21.6 Å². The van der Waals surface area contributed by atoms with Gasteiger partial charge in [0, 0.05) is 11.9 Å². The van der Waals surface area contributed by atoms with Gasteiger partial charge in [-0.05, 0) is 69.5 Å². The summed E-state index contributed by atoms with van der Waals surface area (Å²) in [5.74, 6) is -0.369. The molecular formula is C34H33N5O5S2. The van der Waals surface area contributed by atoms with Crippen molar-refractivity contribution in [2.75, 3.05) is 18.1 Å². The number of thioether (sulfide) groups is 1. The summed E-state index contributed by atoms with van der Waals surface area (Å²) in [6.07, 6.45) is 1.84. The van der Waals surface area contributed by atoms with Crippen LogP contribution in [0.3, 0.4) is 0 Å². The number of anilines is 1. The largest absolute Gasteiger partial charge is 0.505 e. The number of hydrogen-bond donors (Lipinski definition) is 1. The number of aliphatic hydroxyl groups excluding tert-OH is 1. The number of aromatic nitrogens is 4. The standard InChI is InChI=1S/C34H33N5O5S2/c1-6-43-24-15-14-23(17-25(24)44-7-2)28-26(29(40)27-21(5)38-16-8-9-20(4)31(38)35-27)30(41)32(42)39(28)33-36-37-34(46-33)45-18-22-12-10-19(3)11-13-22/h8-17,28,40H,6-7,18H2,1-5H3/b29-26+. The molecule has 1 unspecified atom stereocenters. The van der Waals surface area contributed by atoms with E-state index in [9.17, 15) is 14.7 Å². The minimum Gasteiger partial charge on any atom is -0.505 e. The minimum atomic E-state index is -1.02. The maximum atomic E-state index is 13.9. The molecule has 6 rings (SSSR count). The topological polar surface area (TPSA) is 119 Å². The van der Waals surface area contributed by atoms with Crippen LogP contribution < -0.4 is 14.4 Å². The number of Topliss-reactive ketones (excluding diaryl/α,β-unsaturated/α-hetero) is 1. The van der Waals surface area contributed by atoms with Gasteiger partial charge in [-0.25, -0.2) is 4.98 Å². The Morgan fingerprint density at radius 1 is 0.978 bits per heavy atom. The zero-order chi connectivity index (χ0) is 32.5. The van der Waals surface area contributed by atoms with Gasteiger partial charge >= 0.3 is 5.91 Å². The fourth-order valence-corrected chi connectivity index (χ4v) is 7.27. The van der Waals surface area contributed by atoms with Crippen LogP contribution in [0.1, 0.15) is 53.5 Å². The first kappa shape index (κ1) is 31.3. The fourth-order valence-electron chi connectivity index (χ4n) is 5.44. The number of benzene rings is 2. The van der Waals surface area contributed by atoms with Crippen molar-refractivity contribution in [3.05, 3.63) is 100 Å². The van der Waals surface area contributed by atoms with Gasteiger partial charge in [-0.2, -0.15) is 0 Å². The first-order valence-corrected chi connectivity index (χ1v) is 16.7. The lowest BCUT2D eigenvalue weighted by atomic mass is 9.96. The summed E-state index contributed by atoms with van der Waals surface area (Å²) in [7, 11) is 0. The molecule has 46 heavy (non-hydrogen) atoms. The van der Waals surface area contributed by atoms with Crippen LogP contribution in [0, 0.1) is 20.8 Å². The molecule has 1 saturated heterocycles. The Morgan fingerprint density at radius 3 is 2.43 bits per heavy atom. The van der Waals surface area contributed by atoms with Crippen molar-refractivity contribution in [3.8, 4) is 11.5 Å². The van der Waals surface area contributed by atoms with Gasteiger partial charge in [-0.3, -0.25) is 14.5 Å². The van der Waals surface area contributed by atoms with Crippen molar-refractivity contribution < 1.29 is 24.2 Å². The fraction of sp³-hybridized carbons (Fsp3) is 0.265. The van der Waals surface area contributed by atoms with E-state index < -0.39 is 17.7 Å². The third kappa shape index (κ3) is 5.74. The number of ether oxygens (including phenoxy) is 2. The van der Waals surface area contributed by atoms with E-state index in [-0.39, 0.29) is 22.2 Å². The number of hydrogen-bond acceptors (Lipinski definition) is 10. The van der Waals surface area contributed by atoms with E-state index in [0.717, 1.165) is 11.1 Å². The molecule has 0 saturated carbocycles. The summed E-state index contributed by atoms with van der Waals surface area (Å²) in [6.45, 7) is 10.3. The molecule has 0 aliphatic carbocycles. The van der Waals surface area contributed by atoms with E-state index in [1.807, 2.05) is 57.3 Å². The molecule has 1 aliphatic rings. The Hall–Kier alpha value is -4.68. The maximum Gasteiger partial charge on any atom is 0.301 e. The van der Waals surface area contributed by atoms with Gasteiger partial charge < -0.3 is 19.0 Å². The Labute approximate surface area is 274 Å². The van der Waals surface area contributed by atoms with Crippen LogP contribution in [0.25, 0.3) is 11.4 Å². The molecule has 0 bridgehead atoms. The predicted octanol–water partition coefficient (Wildman–Crippen LogP) is 6.83. The van der Waals surface area contributed by atoms with E-state index >= 15 is 0 Å². The van der Waals surface area contributed by atoms with Crippen LogP contribution in [-0.2, 0) is 15.3 Å². The summed E-state index contributed by atoms with van der Waals surface area (Å²) < 4.78 is 14.1. The number of rotatable bonds is 10. The Bertz CT molecular complexity index is 1980. The summed E-state index contributed by atoms with van der Waals surface area (Å²) in [6, 6.07) is 16.3. The molecule has 1 atom stereocenters. The zero-order valence-corrected chi connectivity index (χ0v) is 27.7. The molecule has 0 radical (unpaired) electrons. The number of pyridine rings is 1. The lowest BCUT2D eigenvalue weighted by Crippen LogP contribution is -2.29. The van der Waals surface area contributed by atoms with Gasteiger partial charge in [0.1, 0.15) is 11.3 Å². The highest BCUT2D eigenvalue weighted by atomic mass is 32.2. The Kier molecular flexibility index (Phi) is 8.83. The first-order valence-electron chi connectivity index (χ1n) is 14.9. The number of nitrogens with zero attached hydrogens (tertiary/aromatic N) is 5. The van der Waals surface area contributed by atoms with E-state index in [1.165, 1.54) is 33.6 Å². The smallest absolute Gasteiger partial charge is 0.301 e. The molecule has 2 aromatic carbocycles. The number of imidazole rings is 1. The molecule has 1 aliphatic heterocycles. The average Bonchev–Trinajstić information content (AvgIpc) is 3.73. The van der Waals surface area contributed by atoms with E-state index in [1.54, 1.807) is 18.2 Å². The summed E-state index contributed by atoms with van der Waals surface area (Å²) in [5, 5.41) is 20.8. The highest BCUT2D eigenvalue weighted by Gasteiger charge is 2.49. The van der Waals surface area contributed by atoms with Crippen LogP contribution in [-0.4, -0.2) is 49.6 Å².